The predicted octanol–water partition coefficient (Wildman–Crippen LogP) is -0.422. The highest BCUT2D eigenvalue weighted by molar-refractivity contribution is 5.92. The van der Waals surface area contributed by atoms with Crippen LogP contribution in [0.4, 0.5) is 0 Å². The van der Waals surface area contributed by atoms with Gasteiger partial charge in [0, 0.05) is 52.9 Å². The molecule has 13 atom stereocenters. The van der Waals surface area contributed by atoms with E-state index in [2.05, 4.69) is 4.98 Å². The van der Waals surface area contributed by atoms with E-state index in [1.54, 1.807) is 0 Å². The first-order valence-electron chi connectivity index (χ1n) is 17.4. The number of hydrogen-bond acceptors (Lipinski definition) is 19. The first kappa shape index (κ1) is 41.4. The van der Waals surface area contributed by atoms with E-state index in [0.717, 1.165) is 54.7 Å². The maximum atomic E-state index is 14.2. The van der Waals surface area contributed by atoms with E-state index >= 15 is 0 Å². The number of rotatable bonds is 6. The van der Waals surface area contributed by atoms with Crippen molar-refractivity contribution >= 4 is 41.8 Å². The van der Waals surface area contributed by atoms with E-state index in [9.17, 15) is 48.9 Å². The summed E-state index contributed by atoms with van der Waals surface area (Å²) < 4.78 is 47.4. The molecule has 0 radical (unpaired) electrons. The van der Waals surface area contributed by atoms with Crippen molar-refractivity contribution in [2.45, 2.75) is 127 Å². The van der Waals surface area contributed by atoms with E-state index in [4.69, 9.17) is 37.9 Å². The lowest BCUT2D eigenvalue weighted by atomic mass is 9.45. The molecule has 1 aromatic rings. The lowest BCUT2D eigenvalue weighted by Gasteiger charge is -2.67. The average molecular weight is 780 g/mol. The molecule has 2 saturated carbocycles. The highest BCUT2D eigenvalue weighted by atomic mass is 16.7. The third kappa shape index (κ3) is 6.30. The first-order valence-corrected chi connectivity index (χ1v) is 17.4. The minimum Gasteiger partial charge on any atom is -0.465 e. The van der Waals surface area contributed by atoms with Crippen LogP contribution in [0.25, 0.3) is 0 Å². The van der Waals surface area contributed by atoms with Gasteiger partial charge in [0.25, 0.3) is 0 Å². The van der Waals surface area contributed by atoms with Crippen LogP contribution in [0.1, 0.15) is 84.2 Å². The summed E-state index contributed by atoms with van der Waals surface area (Å²) >= 11 is 0. The topological polar surface area (TPSA) is 267 Å². The molecule has 4 bridgehead atoms. The Morgan fingerprint density at radius 3 is 1.98 bits per heavy atom. The Bertz CT molecular complexity index is 1790. The number of ether oxygens (including phenoxy) is 8. The molecular formula is C36H45NO18. The number of aliphatic hydroxyl groups is 3. The number of carbonyl (C=O) groups is 7. The largest absolute Gasteiger partial charge is 0.465 e. The second kappa shape index (κ2) is 14.1. The Kier molecular flexibility index (Phi) is 10.6. The van der Waals surface area contributed by atoms with Gasteiger partial charge in [0.2, 0.25) is 0 Å². The number of aromatic nitrogens is 1. The molecule has 1 spiro atoms. The van der Waals surface area contributed by atoms with Crippen molar-refractivity contribution in [2.75, 3.05) is 13.2 Å². The Labute approximate surface area is 314 Å². The standard InChI is InChI=1S/C36H45NO18/c1-15-21-10-11-37-12-22(21)30(44)49-13-32(7)23-25(50-17(3)39)29(53-20(6)42)35(14-48-16(2)38)28(52-19(5)41)24(43)27(54-31(45)33(15,8)46)34(9,47)36(35,55-32)26(23)51-18(4)40/h10-12,15,23-29,43,46-47H,13-14H2,1-9H3. The summed E-state index contributed by atoms with van der Waals surface area (Å²) in [5, 5.41) is 37.2. The normalized spacial score (nSPS) is 40.7. The molecule has 19 heteroatoms. The molecule has 55 heavy (non-hydrogen) atoms. The smallest absolute Gasteiger partial charge is 0.340 e. The maximum absolute atomic E-state index is 14.2. The Hall–Kier alpha value is -4.72. The second-order valence-electron chi connectivity index (χ2n) is 15.0. The summed E-state index contributed by atoms with van der Waals surface area (Å²) in [6.07, 6.45) is -10.1. The van der Waals surface area contributed by atoms with Crippen LogP contribution in [0.3, 0.4) is 0 Å². The molecule has 0 aromatic carbocycles. The maximum Gasteiger partial charge on any atom is 0.340 e. The van der Waals surface area contributed by atoms with Crippen molar-refractivity contribution in [3.8, 4) is 0 Å². The number of esters is 7. The SMILES string of the molecule is CC(=O)OCC12C(OC(C)=O)C(O)C3OC(=O)C(C)(O)C(C)c4ccncc4C(=O)OCC4(C)OC1(C(OC(C)=O)C4C(OC(C)=O)C2OC(C)=O)C3(C)O. The van der Waals surface area contributed by atoms with Gasteiger partial charge in [-0.2, -0.15) is 0 Å². The molecule has 302 valence electrons. The Morgan fingerprint density at radius 2 is 1.42 bits per heavy atom. The molecule has 3 fully saturated rings. The summed E-state index contributed by atoms with van der Waals surface area (Å²) in [7, 11) is 0. The molecule has 3 heterocycles. The number of carbonyl (C=O) groups excluding carboxylic acids is 7. The quantitative estimate of drug-likeness (QED) is 0.244. The van der Waals surface area contributed by atoms with E-state index in [1.807, 2.05) is 0 Å². The van der Waals surface area contributed by atoms with Crippen LogP contribution in [0.5, 0.6) is 0 Å². The molecule has 2 aliphatic heterocycles. The van der Waals surface area contributed by atoms with Gasteiger partial charge < -0.3 is 53.2 Å². The van der Waals surface area contributed by atoms with Crippen molar-refractivity contribution in [3.05, 3.63) is 29.6 Å². The van der Waals surface area contributed by atoms with Gasteiger partial charge in [-0.25, -0.2) is 9.59 Å². The number of nitrogens with zero attached hydrogens (tertiary/aromatic N) is 1. The first-order chi connectivity index (χ1) is 25.4. The fourth-order valence-electron chi connectivity index (χ4n) is 9.01. The van der Waals surface area contributed by atoms with E-state index < -0.39 is 131 Å². The van der Waals surface area contributed by atoms with Crippen LogP contribution >= 0.6 is 0 Å². The number of pyridine rings is 1. The monoisotopic (exact) mass is 779 g/mol. The predicted molar refractivity (Wildman–Crippen MR) is 177 cm³/mol. The summed E-state index contributed by atoms with van der Waals surface area (Å²) in [5.74, 6) is -10.5. The summed E-state index contributed by atoms with van der Waals surface area (Å²) in [6.45, 7) is 7.80. The molecule has 4 aliphatic rings. The summed E-state index contributed by atoms with van der Waals surface area (Å²) in [5.41, 5.74) is -13.0. The molecule has 13 unspecified atom stereocenters. The molecule has 5 rings (SSSR count). The number of hydrogen-bond donors (Lipinski definition) is 3. The van der Waals surface area contributed by atoms with Crippen molar-refractivity contribution in [1.29, 1.82) is 0 Å². The Balaban J connectivity index is 1.98. The fraction of sp³-hybridized carbons (Fsp3) is 0.667. The molecule has 19 nitrogen and oxygen atoms in total. The van der Waals surface area contributed by atoms with Crippen molar-refractivity contribution in [1.82, 2.24) is 4.98 Å². The highest BCUT2D eigenvalue weighted by Crippen LogP contribution is 2.70. The van der Waals surface area contributed by atoms with Gasteiger partial charge in [-0.05, 0) is 32.4 Å². The van der Waals surface area contributed by atoms with Crippen LogP contribution in [-0.2, 0) is 66.7 Å². The minimum absolute atomic E-state index is 0.0753. The van der Waals surface area contributed by atoms with Crippen LogP contribution in [0.15, 0.2) is 18.5 Å². The lowest BCUT2D eigenvalue weighted by molar-refractivity contribution is -0.387. The second-order valence-corrected chi connectivity index (χ2v) is 15.0. The summed E-state index contributed by atoms with van der Waals surface area (Å²) in [6, 6.07) is 1.35. The molecule has 2 aliphatic carbocycles. The van der Waals surface area contributed by atoms with Gasteiger partial charge in [-0.1, -0.05) is 6.92 Å². The van der Waals surface area contributed by atoms with E-state index in [-0.39, 0.29) is 11.1 Å². The molecule has 3 N–H and O–H groups in total. The summed E-state index contributed by atoms with van der Waals surface area (Å²) in [4.78, 5) is 96.8. The zero-order valence-electron chi connectivity index (χ0n) is 31.7. The average Bonchev–Trinajstić information content (AvgIpc) is 3.29. The molecule has 1 saturated heterocycles. The zero-order chi connectivity index (χ0) is 41.2. The van der Waals surface area contributed by atoms with E-state index in [1.165, 1.54) is 26.1 Å². The highest BCUT2D eigenvalue weighted by Gasteiger charge is 2.91. The molecule has 1 aromatic heterocycles. The lowest BCUT2D eigenvalue weighted by Crippen LogP contribution is -2.89. The Morgan fingerprint density at radius 1 is 0.855 bits per heavy atom. The third-order valence-corrected chi connectivity index (χ3v) is 11.3. The van der Waals surface area contributed by atoms with Crippen LogP contribution in [0, 0.1) is 11.3 Å². The van der Waals surface area contributed by atoms with Gasteiger partial charge in [-0.3, -0.25) is 29.0 Å². The number of fused-ring (bicyclic) bond motifs is 5. The van der Waals surface area contributed by atoms with Crippen molar-refractivity contribution in [2.24, 2.45) is 11.3 Å². The fourth-order valence-corrected chi connectivity index (χ4v) is 9.01. The van der Waals surface area contributed by atoms with Gasteiger partial charge in [-0.15, -0.1) is 0 Å². The van der Waals surface area contributed by atoms with Crippen LogP contribution in [0.2, 0.25) is 0 Å². The molecule has 0 amide bonds. The number of aliphatic hydroxyl groups excluding tert-OH is 1. The van der Waals surface area contributed by atoms with Gasteiger partial charge in [0.15, 0.2) is 23.4 Å². The van der Waals surface area contributed by atoms with Crippen LogP contribution in [-0.4, -0.2) is 134 Å². The van der Waals surface area contributed by atoms with E-state index in [0.29, 0.717) is 0 Å². The molecular weight excluding hydrogens is 734 g/mol. The third-order valence-electron chi connectivity index (χ3n) is 11.3. The van der Waals surface area contributed by atoms with Crippen molar-refractivity contribution in [3.63, 3.8) is 0 Å². The van der Waals surface area contributed by atoms with Gasteiger partial charge in [0.1, 0.15) is 54.2 Å². The van der Waals surface area contributed by atoms with Gasteiger partial charge >= 0.3 is 41.8 Å². The van der Waals surface area contributed by atoms with Crippen molar-refractivity contribution < 1.29 is 86.8 Å². The van der Waals surface area contributed by atoms with Crippen LogP contribution < -0.4 is 0 Å². The zero-order valence-corrected chi connectivity index (χ0v) is 31.7. The minimum atomic E-state index is -2.90. The number of cyclic esters (lactones) is 1. The van der Waals surface area contributed by atoms with Gasteiger partial charge in [0.05, 0.1) is 11.5 Å².